The topological polar surface area (TPSA) is 96.9 Å². The number of aliphatic hydroxyl groups excluding tert-OH is 1. The minimum absolute atomic E-state index is 0.328. The van der Waals surface area contributed by atoms with Gasteiger partial charge in [0.15, 0.2) is 0 Å². The molecule has 0 radical (unpaired) electrons. The molecule has 0 bridgehead atoms. The number of ether oxygens (including phenoxy) is 2. The van der Waals surface area contributed by atoms with E-state index in [4.69, 9.17) is 9.84 Å². The number of aliphatic hydroxyl groups is 1. The first-order valence-corrected chi connectivity index (χ1v) is 4.47. The van der Waals surface area contributed by atoms with Crippen LogP contribution in [0.15, 0.2) is 0 Å². The summed E-state index contributed by atoms with van der Waals surface area (Å²) in [7, 11) is 1.28. The number of methoxy groups -OCH3 is 1. The lowest BCUT2D eigenvalue weighted by Crippen LogP contribution is -2.31. The Labute approximate surface area is 87.7 Å². The van der Waals surface area contributed by atoms with E-state index in [0.29, 0.717) is 26.3 Å². The summed E-state index contributed by atoms with van der Waals surface area (Å²) in [6.07, 6.45) is -0.507. The summed E-state index contributed by atoms with van der Waals surface area (Å²) in [6, 6.07) is 0. The maximum absolute atomic E-state index is 10.6. The highest BCUT2D eigenvalue weighted by Gasteiger charge is 1.97. The van der Waals surface area contributed by atoms with E-state index in [1.807, 2.05) is 0 Å². The van der Waals surface area contributed by atoms with Gasteiger partial charge in [-0.1, -0.05) is 0 Å². The zero-order valence-corrected chi connectivity index (χ0v) is 8.62. The lowest BCUT2D eigenvalue weighted by Gasteiger charge is -2.06. The third-order valence-corrected chi connectivity index (χ3v) is 1.41. The number of rotatable bonds is 7. The second-order valence-electron chi connectivity index (χ2n) is 2.54. The average Bonchev–Trinajstić information content (AvgIpc) is 2.26. The van der Waals surface area contributed by atoms with Crippen LogP contribution in [0.1, 0.15) is 0 Å². The molecule has 0 spiro atoms. The van der Waals surface area contributed by atoms with Crippen LogP contribution in [0.4, 0.5) is 4.79 Å². The van der Waals surface area contributed by atoms with Crippen LogP contribution in [0.25, 0.3) is 0 Å². The Balaban J connectivity index is 3.11. The van der Waals surface area contributed by atoms with Crippen molar-refractivity contribution in [3.63, 3.8) is 0 Å². The predicted molar refractivity (Wildman–Crippen MR) is 51.3 cm³/mol. The molecule has 3 N–H and O–H groups in total. The van der Waals surface area contributed by atoms with E-state index < -0.39 is 18.6 Å². The zero-order valence-electron chi connectivity index (χ0n) is 8.62. The maximum Gasteiger partial charge on any atom is 0.406 e. The van der Waals surface area contributed by atoms with Crippen molar-refractivity contribution in [1.29, 1.82) is 0 Å². The highest BCUT2D eigenvalue weighted by molar-refractivity contribution is 5.76. The molecule has 0 fully saturated rings. The van der Waals surface area contributed by atoms with Crippen molar-refractivity contribution < 1.29 is 24.2 Å². The minimum atomic E-state index is -0.524. The molecule has 2 amide bonds. The van der Waals surface area contributed by atoms with Crippen LogP contribution in [0.3, 0.4) is 0 Å². The number of nitrogens with one attached hydrogen (secondary N) is 2. The molecule has 0 atom stereocenters. The van der Waals surface area contributed by atoms with E-state index in [9.17, 15) is 9.59 Å². The molecule has 0 aromatic heterocycles. The second-order valence-corrected chi connectivity index (χ2v) is 2.54. The molecule has 7 heteroatoms. The average molecular weight is 220 g/mol. The molecule has 15 heavy (non-hydrogen) atoms. The van der Waals surface area contributed by atoms with E-state index in [1.165, 1.54) is 7.11 Å². The van der Waals surface area contributed by atoms with Gasteiger partial charge in [-0.05, 0) is 0 Å². The number of carbonyl (C=O) groups is 2. The fraction of sp³-hybridized carbons (Fsp3) is 0.750. The highest BCUT2D eigenvalue weighted by atomic mass is 16.5. The standard InChI is InChI=1S/C8H16N2O5/c1-14-8(13)10-3-5-15-4-2-9-7(12)6-11/h11H,2-6H2,1H3,(H,9,12)(H,10,13). The summed E-state index contributed by atoms with van der Waals surface area (Å²) in [6.45, 7) is 0.820. The zero-order chi connectivity index (χ0) is 11.5. The molecule has 0 saturated carbocycles. The molecule has 0 aliphatic heterocycles. The Bertz CT molecular complexity index is 177. The fourth-order valence-electron chi connectivity index (χ4n) is 0.718. The minimum Gasteiger partial charge on any atom is -0.453 e. The molecular formula is C8H16N2O5. The fourth-order valence-corrected chi connectivity index (χ4v) is 0.718. The van der Waals surface area contributed by atoms with Crippen molar-refractivity contribution in [1.82, 2.24) is 10.6 Å². The molecule has 0 aromatic carbocycles. The van der Waals surface area contributed by atoms with Crippen LogP contribution < -0.4 is 10.6 Å². The monoisotopic (exact) mass is 220 g/mol. The molecule has 0 saturated heterocycles. The predicted octanol–water partition coefficient (Wildman–Crippen LogP) is -1.53. The lowest BCUT2D eigenvalue weighted by atomic mass is 10.6. The molecular weight excluding hydrogens is 204 g/mol. The van der Waals surface area contributed by atoms with Crippen molar-refractivity contribution in [2.24, 2.45) is 0 Å². The first-order chi connectivity index (χ1) is 7.20. The normalized spacial score (nSPS) is 9.47. The van der Waals surface area contributed by atoms with E-state index in [2.05, 4.69) is 15.4 Å². The smallest absolute Gasteiger partial charge is 0.406 e. The summed E-state index contributed by atoms with van der Waals surface area (Å²) >= 11 is 0. The van der Waals surface area contributed by atoms with Crippen LogP contribution in [0.5, 0.6) is 0 Å². The van der Waals surface area contributed by atoms with Crippen LogP contribution in [-0.4, -0.2) is 57.1 Å². The van der Waals surface area contributed by atoms with E-state index in [0.717, 1.165) is 0 Å². The van der Waals surface area contributed by atoms with Gasteiger partial charge in [-0.15, -0.1) is 0 Å². The first kappa shape index (κ1) is 13.7. The summed E-state index contributed by atoms with van der Waals surface area (Å²) in [5.41, 5.74) is 0. The van der Waals surface area contributed by atoms with Crippen LogP contribution >= 0.6 is 0 Å². The van der Waals surface area contributed by atoms with Gasteiger partial charge in [0.05, 0.1) is 20.3 Å². The Morgan fingerprint density at radius 2 is 1.80 bits per heavy atom. The van der Waals surface area contributed by atoms with Crippen LogP contribution in [0, 0.1) is 0 Å². The third kappa shape index (κ3) is 8.98. The van der Waals surface area contributed by atoms with Crippen molar-refractivity contribution in [3.05, 3.63) is 0 Å². The van der Waals surface area contributed by atoms with E-state index >= 15 is 0 Å². The Morgan fingerprint density at radius 3 is 2.33 bits per heavy atom. The van der Waals surface area contributed by atoms with E-state index in [1.54, 1.807) is 0 Å². The Kier molecular flexibility index (Phi) is 8.40. The van der Waals surface area contributed by atoms with Gasteiger partial charge >= 0.3 is 6.09 Å². The SMILES string of the molecule is COC(=O)NCCOCCNC(=O)CO. The molecule has 88 valence electrons. The van der Waals surface area contributed by atoms with Crippen molar-refractivity contribution in [2.75, 3.05) is 40.0 Å². The van der Waals surface area contributed by atoms with Gasteiger partial charge < -0.3 is 25.2 Å². The summed E-state index contributed by atoms with van der Waals surface area (Å²) in [4.78, 5) is 21.1. The quantitative estimate of drug-likeness (QED) is 0.452. The summed E-state index contributed by atoms with van der Waals surface area (Å²) < 4.78 is 9.39. The number of alkyl carbamates (subject to hydrolysis) is 1. The van der Waals surface area contributed by atoms with Crippen LogP contribution in [0.2, 0.25) is 0 Å². The van der Waals surface area contributed by atoms with Crippen molar-refractivity contribution in [2.45, 2.75) is 0 Å². The molecule has 0 aliphatic rings. The molecule has 0 aromatic rings. The Hall–Kier alpha value is -1.34. The van der Waals surface area contributed by atoms with Gasteiger partial charge in [0, 0.05) is 13.1 Å². The van der Waals surface area contributed by atoms with E-state index in [-0.39, 0.29) is 0 Å². The second kappa shape index (κ2) is 9.22. The number of hydrogen-bond donors (Lipinski definition) is 3. The van der Waals surface area contributed by atoms with Gasteiger partial charge in [-0.25, -0.2) is 4.79 Å². The number of carbonyl (C=O) groups excluding carboxylic acids is 2. The lowest BCUT2D eigenvalue weighted by molar-refractivity contribution is -0.124. The molecule has 0 heterocycles. The van der Waals surface area contributed by atoms with Gasteiger partial charge in [-0.3, -0.25) is 4.79 Å². The van der Waals surface area contributed by atoms with Gasteiger partial charge in [0.2, 0.25) is 5.91 Å². The molecule has 7 nitrogen and oxygen atoms in total. The van der Waals surface area contributed by atoms with Crippen LogP contribution in [-0.2, 0) is 14.3 Å². The molecule has 0 rings (SSSR count). The van der Waals surface area contributed by atoms with Gasteiger partial charge in [0.1, 0.15) is 6.61 Å². The van der Waals surface area contributed by atoms with Gasteiger partial charge in [0.25, 0.3) is 0 Å². The van der Waals surface area contributed by atoms with Crippen molar-refractivity contribution in [3.8, 4) is 0 Å². The third-order valence-electron chi connectivity index (χ3n) is 1.41. The van der Waals surface area contributed by atoms with Gasteiger partial charge in [-0.2, -0.15) is 0 Å². The molecule has 0 unspecified atom stereocenters. The number of hydrogen-bond acceptors (Lipinski definition) is 5. The first-order valence-electron chi connectivity index (χ1n) is 4.47. The highest BCUT2D eigenvalue weighted by Crippen LogP contribution is 1.75. The maximum atomic E-state index is 10.6. The molecule has 0 aliphatic carbocycles. The van der Waals surface area contributed by atoms with Crippen molar-refractivity contribution >= 4 is 12.0 Å². The number of amides is 2. The summed E-state index contributed by atoms with van der Waals surface area (Å²) in [5, 5.41) is 13.2. The summed E-state index contributed by atoms with van der Waals surface area (Å²) in [5.74, 6) is -0.439. The Morgan fingerprint density at radius 1 is 1.20 bits per heavy atom. The largest absolute Gasteiger partial charge is 0.453 e.